The Labute approximate surface area is 110 Å². The Morgan fingerprint density at radius 2 is 2.11 bits per heavy atom. The van der Waals surface area contributed by atoms with Gasteiger partial charge in [0, 0.05) is 24.8 Å². The highest BCUT2D eigenvalue weighted by atomic mass is 16.5. The van der Waals surface area contributed by atoms with E-state index in [0.717, 1.165) is 38.5 Å². The molecule has 18 heavy (non-hydrogen) atoms. The minimum atomic E-state index is 0.764. The molecule has 1 aromatic carbocycles. The zero-order chi connectivity index (χ0) is 12.8. The smallest absolute Gasteiger partial charge is 0.121 e. The van der Waals surface area contributed by atoms with Crippen molar-refractivity contribution < 1.29 is 4.74 Å². The molecule has 0 aromatic heterocycles. The van der Waals surface area contributed by atoms with Crippen molar-refractivity contribution in [3.8, 4) is 5.75 Å². The summed E-state index contributed by atoms with van der Waals surface area (Å²) in [5.74, 6) is 0.982. The minimum absolute atomic E-state index is 0.764. The number of aryl methyl sites for hydroxylation is 1. The summed E-state index contributed by atoms with van der Waals surface area (Å²) in [7, 11) is 0. The molecule has 1 aromatic rings. The molecule has 3 nitrogen and oxygen atoms in total. The van der Waals surface area contributed by atoms with Crippen LogP contribution in [-0.2, 0) is 6.42 Å². The van der Waals surface area contributed by atoms with E-state index in [1.165, 1.54) is 24.1 Å². The number of ether oxygens (including phenoxy) is 1. The van der Waals surface area contributed by atoms with E-state index in [0.29, 0.717) is 0 Å². The van der Waals surface area contributed by atoms with Crippen LogP contribution in [0.15, 0.2) is 18.2 Å². The van der Waals surface area contributed by atoms with Crippen LogP contribution in [0.1, 0.15) is 25.8 Å². The first-order chi connectivity index (χ1) is 8.83. The van der Waals surface area contributed by atoms with Crippen molar-refractivity contribution in [2.75, 3.05) is 38.1 Å². The highest BCUT2D eigenvalue weighted by molar-refractivity contribution is 5.56. The van der Waals surface area contributed by atoms with E-state index in [2.05, 4.69) is 42.3 Å². The first-order valence-corrected chi connectivity index (χ1v) is 7.05. The summed E-state index contributed by atoms with van der Waals surface area (Å²) in [4.78, 5) is 2.37. The molecule has 100 valence electrons. The lowest BCUT2D eigenvalue weighted by atomic mass is 10.0. The zero-order valence-electron chi connectivity index (χ0n) is 11.5. The van der Waals surface area contributed by atoms with Gasteiger partial charge in [-0.15, -0.1) is 0 Å². The molecule has 0 aliphatic carbocycles. The summed E-state index contributed by atoms with van der Waals surface area (Å²) in [6.07, 6.45) is 2.41. The predicted octanol–water partition coefficient (Wildman–Crippen LogP) is 2.77. The Hall–Kier alpha value is -1.22. The van der Waals surface area contributed by atoms with Crippen LogP contribution < -0.4 is 10.1 Å². The molecular formula is C15H24N2O. The number of fused-ring (bicyclic) bond motifs is 1. The molecule has 3 heteroatoms. The topological polar surface area (TPSA) is 24.5 Å². The van der Waals surface area contributed by atoms with Gasteiger partial charge in [-0.1, -0.05) is 19.9 Å². The van der Waals surface area contributed by atoms with Crippen LogP contribution in [0.25, 0.3) is 0 Å². The Kier molecular flexibility index (Phi) is 4.88. The fourth-order valence-corrected chi connectivity index (χ4v) is 2.36. The molecule has 1 N–H and O–H groups in total. The van der Waals surface area contributed by atoms with Crippen LogP contribution in [0.4, 0.5) is 5.69 Å². The van der Waals surface area contributed by atoms with Crippen LogP contribution in [0.5, 0.6) is 5.75 Å². The Balaban J connectivity index is 1.86. The lowest BCUT2D eigenvalue weighted by Crippen LogP contribution is -2.27. The van der Waals surface area contributed by atoms with Gasteiger partial charge in [-0.25, -0.2) is 0 Å². The van der Waals surface area contributed by atoms with Crippen molar-refractivity contribution in [3.05, 3.63) is 23.8 Å². The fourth-order valence-electron chi connectivity index (χ4n) is 2.36. The maximum Gasteiger partial charge on any atom is 0.121 e. The maximum atomic E-state index is 5.82. The number of benzene rings is 1. The number of nitrogens with zero attached hydrogens (tertiary/aromatic N) is 1. The first kappa shape index (κ1) is 13.2. The minimum Gasteiger partial charge on any atom is -0.492 e. The van der Waals surface area contributed by atoms with Crippen molar-refractivity contribution in [3.63, 3.8) is 0 Å². The summed E-state index contributed by atoms with van der Waals surface area (Å²) >= 11 is 0. The van der Waals surface area contributed by atoms with E-state index < -0.39 is 0 Å². The molecule has 0 bridgehead atoms. The summed E-state index contributed by atoms with van der Waals surface area (Å²) in [5.41, 5.74) is 2.67. The Morgan fingerprint density at radius 1 is 1.28 bits per heavy atom. The summed E-state index contributed by atoms with van der Waals surface area (Å²) in [6, 6.07) is 6.42. The van der Waals surface area contributed by atoms with Gasteiger partial charge in [-0.2, -0.15) is 0 Å². The molecule has 0 radical (unpaired) electrons. The Morgan fingerprint density at radius 3 is 2.89 bits per heavy atom. The third-order valence-electron chi connectivity index (χ3n) is 3.59. The number of nitrogens with one attached hydrogen (secondary N) is 1. The van der Waals surface area contributed by atoms with Gasteiger partial charge in [0.1, 0.15) is 12.4 Å². The lowest BCUT2D eigenvalue weighted by molar-refractivity contribution is 0.223. The van der Waals surface area contributed by atoms with Crippen molar-refractivity contribution >= 4 is 5.69 Å². The van der Waals surface area contributed by atoms with Gasteiger partial charge < -0.3 is 15.0 Å². The zero-order valence-corrected chi connectivity index (χ0v) is 11.5. The van der Waals surface area contributed by atoms with E-state index in [9.17, 15) is 0 Å². The van der Waals surface area contributed by atoms with Gasteiger partial charge in [0.05, 0.1) is 0 Å². The van der Waals surface area contributed by atoms with Crippen LogP contribution in [-0.4, -0.2) is 37.7 Å². The van der Waals surface area contributed by atoms with Gasteiger partial charge in [0.15, 0.2) is 0 Å². The number of hydrogen-bond donors (Lipinski definition) is 1. The number of likely N-dealkylation sites (N-methyl/N-ethyl adjacent to an activating group) is 1. The van der Waals surface area contributed by atoms with Crippen molar-refractivity contribution in [1.82, 2.24) is 4.90 Å². The third kappa shape index (κ3) is 3.39. The van der Waals surface area contributed by atoms with Crippen LogP contribution in [0, 0.1) is 0 Å². The monoisotopic (exact) mass is 248 g/mol. The molecule has 0 amide bonds. The van der Waals surface area contributed by atoms with E-state index in [1.807, 2.05) is 0 Å². The van der Waals surface area contributed by atoms with Crippen LogP contribution in [0.3, 0.4) is 0 Å². The highest BCUT2D eigenvalue weighted by Crippen LogP contribution is 2.26. The van der Waals surface area contributed by atoms with Crippen LogP contribution in [0.2, 0.25) is 0 Å². The average Bonchev–Trinajstić information content (AvgIpc) is 2.43. The Bertz CT molecular complexity index is 375. The second-order valence-corrected chi connectivity index (χ2v) is 4.72. The normalized spacial score (nSPS) is 14.2. The molecular weight excluding hydrogens is 224 g/mol. The van der Waals surface area contributed by atoms with Crippen molar-refractivity contribution in [1.29, 1.82) is 0 Å². The first-order valence-electron chi connectivity index (χ1n) is 7.05. The van der Waals surface area contributed by atoms with Crippen LogP contribution >= 0.6 is 0 Å². The lowest BCUT2D eigenvalue weighted by Gasteiger charge is -2.20. The molecule has 0 fully saturated rings. The van der Waals surface area contributed by atoms with Gasteiger partial charge in [-0.3, -0.25) is 0 Å². The van der Waals surface area contributed by atoms with Crippen molar-refractivity contribution in [2.45, 2.75) is 26.7 Å². The number of rotatable bonds is 6. The molecule has 0 saturated carbocycles. The third-order valence-corrected chi connectivity index (χ3v) is 3.59. The quantitative estimate of drug-likeness (QED) is 0.838. The van der Waals surface area contributed by atoms with Gasteiger partial charge in [0.25, 0.3) is 0 Å². The number of anilines is 1. The molecule has 0 spiro atoms. The second-order valence-electron chi connectivity index (χ2n) is 4.72. The second kappa shape index (κ2) is 6.64. The molecule has 1 aliphatic heterocycles. The van der Waals surface area contributed by atoms with E-state index in [1.54, 1.807) is 0 Å². The molecule has 1 heterocycles. The predicted molar refractivity (Wildman–Crippen MR) is 76.5 cm³/mol. The molecule has 0 saturated heterocycles. The SMILES string of the molecule is CCN(CC)CCOc1ccc2c(c1)NCCC2. The number of hydrogen-bond acceptors (Lipinski definition) is 3. The van der Waals surface area contributed by atoms with E-state index >= 15 is 0 Å². The summed E-state index contributed by atoms with van der Waals surface area (Å²) in [5, 5.41) is 3.43. The van der Waals surface area contributed by atoms with Gasteiger partial charge >= 0.3 is 0 Å². The van der Waals surface area contributed by atoms with E-state index in [-0.39, 0.29) is 0 Å². The maximum absolute atomic E-state index is 5.82. The summed E-state index contributed by atoms with van der Waals surface area (Å²) < 4.78 is 5.82. The average molecular weight is 248 g/mol. The fraction of sp³-hybridized carbons (Fsp3) is 0.600. The van der Waals surface area contributed by atoms with Crippen molar-refractivity contribution in [2.24, 2.45) is 0 Å². The van der Waals surface area contributed by atoms with Gasteiger partial charge in [-0.05, 0) is 37.6 Å². The standard InChI is InChI=1S/C15H24N2O/c1-3-17(4-2)10-11-18-14-8-7-13-6-5-9-16-15(13)12-14/h7-8,12,16H,3-6,9-11H2,1-2H3. The molecule has 1 aliphatic rings. The largest absolute Gasteiger partial charge is 0.492 e. The molecule has 0 unspecified atom stereocenters. The van der Waals surface area contributed by atoms with E-state index in [4.69, 9.17) is 4.74 Å². The van der Waals surface area contributed by atoms with Gasteiger partial charge in [0.2, 0.25) is 0 Å². The summed E-state index contributed by atoms with van der Waals surface area (Å²) in [6.45, 7) is 9.39. The highest BCUT2D eigenvalue weighted by Gasteiger charge is 2.09. The molecule has 0 atom stereocenters. The molecule has 2 rings (SSSR count).